The highest BCUT2D eigenvalue weighted by molar-refractivity contribution is 5.81. The Bertz CT molecular complexity index is 717. The summed E-state index contributed by atoms with van der Waals surface area (Å²) in [5.74, 6) is 0. The van der Waals surface area contributed by atoms with Crippen molar-refractivity contribution < 1.29 is 0 Å². The maximum absolute atomic E-state index is 4.40. The minimum absolute atomic E-state index is 0.0218. The van der Waals surface area contributed by atoms with Crippen molar-refractivity contribution in [2.75, 3.05) is 5.32 Å². The van der Waals surface area contributed by atoms with E-state index in [9.17, 15) is 0 Å². The van der Waals surface area contributed by atoms with Gasteiger partial charge < -0.3 is 5.32 Å². The normalized spacial score (nSPS) is 11.9. The standard InChI is InChI=1S/C15H19N5/c1-15(2,3)20-10-11(8-18-20)7-16-13-4-5-14-12(6-13)9-17-19-14/h4-6,8-10,16H,7H2,1-3H3,(H,17,19). The van der Waals surface area contributed by atoms with Crippen molar-refractivity contribution in [3.05, 3.63) is 42.4 Å². The molecule has 3 aromatic rings. The molecule has 0 radical (unpaired) electrons. The van der Waals surface area contributed by atoms with Crippen molar-refractivity contribution in [3.8, 4) is 0 Å². The molecule has 2 N–H and O–H groups in total. The van der Waals surface area contributed by atoms with Crippen LogP contribution in [-0.2, 0) is 12.1 Å². The molecular weight excluding hydrogens is 250 g/mol. The van der Waals surface area contributed by atoms with Gasteiger partial charge in [-0.05, 0) is 39.0 Å². The van der Waals surface area contributed by atoms with Gasteiger partial charge in [0.15, 0.2) is 0 Å². The van der Waals surface area contributed by atoms with Crippen molar-refractivity contribution in [1.82, 2.24) is 20.0 Å². The quantitative estimate of drug-likeness (QED) is 0.768. The fraction of sp³-hybridized carbons (Fsp3) is 0.333. The molecule has 20 heavy (non-hydrogen) atoms. The average Bonchev–Trinajstić information content (AvgIpc) is 3.04. The lowest BCUT2D eigenvalue weighted by Crippen LogP contribution is -2.21. The molecule has 104 valence electrons. The zero-order chi connectivity index (χ0) is 14.2. The lowest BCUT2D eigenvalue weighted by atomic mass is 10.1. The monoisotopic (exact) mass is 269 g/mol. The van der Waals surface area contributed by atoms with Gasteiger partial charge >= 0.3 is 0 Å². The predicted octanol–water partition coefficient (Wildman–Crippen LogP) is 3.13. The van der Waals surface area contributed by atoms with Crippen LogP contribution in [-0.4, -0.2) is 20.0 Å². The number of H-pyrrole nitrogens is 1. The fourth-order valence-corrected chi connectivity index (χ4v) is 2.08. The van der Waals surface area contributed by atoms with Crippen molar-refractivity contribution in [2.24, 2.45) is 0 Å². The summed E-state index contributed by atoms with van der Waals surface area (Å²) in [6, 6.07) is 6.17. The van der Waals surface area contributed by atoms with Gasteiger partial charge in [-0.3, -0.25) is 9.78 Å². The highest BCUT2D eigenvalue weighted by Crippen LogP contribution is 2.18. The summed E-state index contributed by atoms with van der Waals surface area (Å²) >= 11 is 0. The summed E-state index contributed by atoms with van der Waals surface area (Å²) in [5.41, 5.74) is 3.33. The van der Waals surface area contributed by atoms with E-state index in [1.807, 2.05) is 23.1 Å². The van der Waals surface area contributed by atoms with Crippen LogP contribution in [0.4, 0.5) is 5.69 Å². The van der Waals surface area contributed by atoms with Gasteiger partial charge in [-0.25, -0.2) is 0 Å². The van der Waals surface area contributed by atoms with Gasteiger partial charge in [0.2, 0.25) is 0 Å². The first kappa shape index (κ1) is 12.7. The Morgan fingerprint density at radius 1 is 1.25 bits per heavy atom. The minimum Gasteiger partial charge on any atom is -0.381 e. The van der Waals surface area contributed by atoms with Gasteiger partial charge in [0.25, 0.3) is 0 Å². The first-order valence-corrected chi connectivity index (χ1v) is 6.73. The highest BCUT2D eigenvalue weighted by Gasteiger charge is 2.13. The SMILES string of the molecule is CC(C)(C)n1cc(CNc2ccc3[nH]ncc3c2)cn1. The van der Waals surface area contributed by atoms with E-state index in [-0.39, 0.29) is 5.54 Å². The number of hydrogen-bond acceptors (Lipinski definition) is 3. The number of aromatic amines is 1. The van der Waals surface area contributed by atoms with Crippen LogP contribution in [0.15, 0.2) is 36.8 Å². The zero-order valence-electron chi connectivity index (χ0n) is 12.0. The Labute approximate surface area is 118 Å². The molecule has 0 unspecified atom stereocenters. The van der Waals surface area contributed by atoms with E-state index >= 15 is 0 Å². The molecule has 2 aromatic heterocycles. The fourth-order valence-electron chi connectivity index (χ4n) is 2.08. The Balaban J connectivity index is 1.71. The Hall–Kier alpha value is -2.30. The van der Waals surface area contributed by atoms with Gasteiger partial charge in [0.05, 0.1) is 23.4 Å². The summed E-state index contributed by atoms with van der Waals surface area (Å²) in [6.07, 6.45) is 5.83. The Morgan fingerprint density at radius 2 is 2.10 bits per heavy atom. The molecule has 0 aliphatic carbocycles. The number of nitrogens with one attached hydrogen (secondary N) is 2. The molecule has 3 rings (SSSR count). The van der Waals surface area contributed by atoms with Crippen LogP contribution in [0.1, 0.15) is 26.3 Å². The lowest BCUT2D eigenvalue weighted by Gasteiger charge is -2.18. The smallest absolute Gasteiger partial charge is 0.0651 e. The number of rotatable bonds is 3. The van der Waals surface area contributed by atoms with E-state index in [1.54, 1.807) is 0 Å². The van der Waals surface area contributed by atoms with Crippen LogP contribution in [0.2, 0.25) is 0 Å². The predicted molar refractivity (Wildman–Crippen MR) is 80.6 cm³/mol. The molecule has 5 nitrogen and oxygen atoms in total. The van der Waals surface area contributed by atoms with E-state index in [4.69, 9.17) is 0 Å². The number of nitrogens with zero attached hydrogens (tertiary/aromatic N) is 3. The molecule has 0 aliphatic rings. The van der Waals surface area contributed by atoms with Gasteiger partial charge in [0, 0.05) is 29.4 Å². The third-order valence-corrected chi connectivity index (χ3v) is 3.26. The number of hydrogen-bond donors (Lipinski definition) is 2. The van der Waals surface area contributed by atoms with E-state index in [0.29, 0.717) is 0 Å². The van der Waals surface area contributed by atoms with Crippen molar-refractivity contribution in [2.45, 2.75) is 32.9 Å². The Kier molecular flexibility index (Phi) is 2.97. The Morgan fingerprint density at radius 3 is 2.85 bits per heavy atom. The van der Waals surface area contributed by atoms with Gasteiger partial charge in [-0.1, -0.05) is 0 Å². The minimum atomic E-state index is 0.0218. The zero-order valence-corrected chi connectivity index (χ0v) is 12.0. The molecule has 0 bridgehead atoms. The molecule has 0 saturated heterocycles. The maximum Gasteiger partial charge on any atom is 0.0651 e. The molecule has 0 fully saturated rings. The van der Waals surface area contributed by atoms with Crippen LogP contribution in [0.25, 0.3) is 10.9 Å². The summed E-state index contributed by atoms with van der Waals surface area (Å²) in [4.78, 5) is 0. The molecule has 0 spiro atoms. The van der Waals surface area contributed by atoms with Crippen LogP contribution in [0.3, 0.4) is 0 Å². The molecule has 0 saturated carbocycles. The first-order chi connectivity index (χ1) is 9.52. The highest BCUT2D eigenvalue weighted by atomic mass is 15.3. The number of anilines is 1. The molecule has 2 heterocycles. The van der Waals surface area contributed by atoms with Gasteiger partial charge in [-0.2, -0.15) is 10.2 Å². The summed E-state index contributed by atoms with van der Waals surface area (Å²) in [7, 11) is 0. The largest absolute Gasteiger partial charge is 0.381 e. The summed E-state index contributed by atoms with van der Waals surface area (Å²) in [5, 5.41) is 15.9. The molecule has 5 heteroatoms. The van der Waals surface area contributed by atoms with Crippen LogP contribution in [0.5, 0.6) is 0 Å². The molecule has 0 atom stereocenters. The van der Waals surface area contributed by atoms with Gasteiger partial charge in [0.1, 0.15) is 0 Å². The van der Waals surface area contributed by atoms with Gasteiger partial charge in [-0.15, -0.1) is 0 Å². The maximum atomic E-state index is 4.40. The number of benzene rings is 1. The van der Waals surface area contributed by atoms with Crippen molar-refractivity contribution in [1.29, 1.82) is 0 Å². The number of aromatic nitrogens is 4. The third-order valence-electron chi connectivity index (χ3n) is 3.26. The van der Waals surface area contributed by atoms with Crippen LogP contribution < -0.4 is 5.32 Å². The van der Waals surface area contributed by atoms with E-state index in [1.165, 1.54) is 5.56 Å². The molecule has 1 aromatic carbocycles. The summed E-state index contributed by atoms with van der Waals surface area (Å²) in [6.45, 7) is 7.19. The topological polar surface area (TPSA) is 58.5 Å². The lowest BCUT2D eigenvalue weighted by molar-refractivity contribution is 0.355. The molecule has 0 amide bonds. The van der Waals surface area contributed by atoms with E-state index < -0.39 is 0 Å². The molecular formula is C15H19N5. The second-order valence-electron chi connectivity index (χ2n) is 5.99. The van der Waals surface area contributed by atoms with Crippen molar-refractivity contribution >= 4 is 16.6 Å². The van der Waals surface area contributed by atoms with E-state index in [2.05, 4.69) is 59.7 Å². The number of fused-ring (bicyclic) bond motifs is 1. The van der Waals surface area contributed by atoms with E-state index in [0.717, 1.165) is 23.1 Å². The first-order valence-electron chi connectivity index (χ1n) is 6.73. The summed E-state index contributed by atoms with van der Waals surface area (Å²) < 4.78 is 1.99. The third kappa shape index (κ3) is 2.52. The van der Waals surface area contributed by atoms with Crippen LogP contribution >= 0.6 is 0 Å². The second-order valence-corrected chi connectivity index (χ2v) is 5.99. The second kappa shape index (κ2) is 4.67. The van der Waals surface area contributed by atoms with Crippen molar-refractivity contribution in [3.63, 3.8) is 0 Å². The van der Waals surface area contributed by atoms with Crippen LogP contribution in [0, 0.1) is 0 Å². The molecule has 0 aliphatic heterocycles. The average molecular weight is 269 g/mol.